The highest BCUT2D eigenvalue weighted by molar-refractivity contribution is 9.10. The van der Waals surface area contributed by atoms with E-state index in [0.29, 0.717) is 18.0 Å². The minimum atomic E-state index is -4.34. The van der Waals surface area contributed by atoms with Crippen LogP contribution in [0.25, 0.3) is 0 Å². The number of benzene rings is 4. The van der Waals surface area contributed by atoms with Crippen LogP contribution in [0.15, 0.2) is 100 Å². The lowest BCUT2D eigenvalue weighted by molar-refractivity contribution is -0.140. The predicted octanol–water partition coefficient (Wildman–Crippen LogP) is 6.69. The predicted molar refractivity (Wildman–Crippen MR) is 196 cm³/mol. The first-order valence-corrected chi connectivity index (χ1v) is 18.2. The van der Waals surface area contributed by atoms with Crippen molar-refractivity contribution in [2.45, 2.75) is 51.6 Å². The molecule has 0 unspecified atom stereocenters. The van der Waals surface area contributed by atoms with Crippen molar-refractivity contribution in [2.24, 2.45) is 5.92 Å². The van der Waals surface area contributed by atoms with Crippen molar-refractivity contribution in [3.8, 4) is 11.5 Å². The summed E-state index contributed by atoms with van der Waals surface area (Å²) in [4.78, 5) is 30.1. The van der Waals surface area contributed by atoms with Crippen molar-refractivity contribution in [3.63, 3.8) is 0 Å². The third kappa shape index (κ3) is 9.86. The maximum atomic E-state index is 14.7. The van der Waals surface area contributed by atoms with Gasteiger partial charge in [-0.05, 0) is 78.4 Å². The quantitative estimate of drug-likeness (QED) is 0.145. The topological polar surface area (TPSA) is 105 Å². The van der Waals surface area contributed by atoms with Crippen molar-refractivity contribution in [2.75, 3.05) is 31.6 Å². The van der Waals surface area contributed by atoms with E-state index in [4.69, 9.17) is 9.47 Å². The Balaban J connectivity index is 1.84. The van der Waals surface area contributed by atoms with Gasteiger partial charge in [-0.2, -0.15) is 0 Å². The van der Waals surface area contributed by atoms with Gasteiger partial charge in [-0.25, -0.2) is 8.42 Å². The summed E-state index contributed by atoms with van der Waals surface area (Å²) < 4.78 is 41.8. The van der Waals surface area contributed by atoms with Gasteiger partial charge in [0.15, 0.2) is 11.5 Å². The van der Waals surface area contributed by atoms with Crippen LogP contribution in [0.1, 0.15) is 36.1 Å². The van der Waals surface area contributed by atoms with Gasteiger partial charge in [0.1, 0.15) is 12.6 Å². The van der Waals surface area contributed by atoms with Crippen LogP contribution < -0.4 is 19.1 Å². The van der Waals surface area contributed by atoms with E-state index in [1.807, 2.05) is 88.4 Å². The standard InChI is InChI=1S/C38H44BrN3O6S/c1-26(2)23-40-38(44)34(21-29-10-8-7-9-11-29)41(24-30-12-14-31(39)15-13-30)37(43)25-42(32-19-27(3)18-28(4)20-32)49(45,46)33-16-17-35(47-5)36(22-33)48-6/h7-20,22,26,34H,21,23-25H2,1-6H3,(H,40,44)/t34-/m1/s1. The Bertz CT molecular complexity index is 1830. The smallest absolute Gasteiger partial charge is 0.264 e. The summed E-state index contributed by atoms with van der Waals surface area (Å²) in [5.74, 6) is -0.0664. The second-order valence-electron chi connectivity index (χ2n) is 12.4. The fourth-order valence-corrected chi connectivity index (χ4v) is 7.17. The molecule has 0 heterocycles. The number of rotatable bonds is 15. The Kier molecular flexibility index (Phi) is 12.9. The fraction of sp³-hybridized carbons (Fsp3) is 0.316. The molecule has 1 atom stereocenters. The summed E-state index contributed by atoms with van der Waals surface area (Å²) in [7, 11) is -1.44. The first kappa shape index (κ1) is 37.5. The summed E-state index contributed by atoms with van der Waals surface area (Å²) in [6.45, 7) is 7.68. The average molecular weight is 751 g/mol. The Morgan fingerprint density at radius 3 is 2.04 bits per heavy atom. The van der Waals surface area contributed by atoms with E-state index in [1.54, 1.807) is 12.1 Å². The number of hydrogen-bond acceptors (Lipinski definition) is 6. The van der Waals surface area contributed by atoms with E-state index in [2.05, 4.69) is 21.2 Å². The summed E-state index contributed by atoms with van der Waals surface area (Å²) in [5, 5.41) is 3.01. The minimum Gasteiger partial charge on any atom is -0.493 e. The molecule has 0 aliphatic carbocycles. The number of anilines is 1. The van der Waals surface area contributed by atoms with Gasteiger partial charge in [0, 0.05) is 30.0 Å². The highest BCUT2D eigenvalue weighted by atomic mass is 79.9. The number of halogens is 1. The molecule has 1 N–H and O–H groups in total. The van der Waals surface area contributed by atoms with E-state index in [0.717, 1.165) is 31.0 Å². The van der Waals surface area contributed by atoms with E-state index in [1.165, 1.54) is 37.3 Å². The Hall–Kier alpha value is -4.35. The number of sulfonamides is 1. The fourth-order valence-electron chi connectivity index (χ4n) is 5.49. The lowest BCUT2D eigenvalue weighted by Gasteiger charge is -2.34. The molecule has 0 fully saturated rings. The molecule has 0 aliphatic heterocycles. The largest absolute Gasteiger partial charge is 0.493 e. The van der Waals surface area contributed by atoms with Crippen LogP contribution in [0, 0.1) is 19.8 Å². The van der Waals surface area contributed by atoms with Gasteiger partial charge >= 0.3 is 0 Å². The summed E-state index contributed by atoms with van der Waals surface area (Å²) in [5.41, 5.74) is 3.64. The average Bonchev–Trinajstić information content (AvgIpc) is 3.07. The number of methoxy groups -OCH3 is 2. The summed E-state index contributed by atoms with van der Waals surface area (Å²) >= 11 is 3.47. The number of hydrogen-bond donors (Lipinski definition) is 1. The number of aryl methyl sites for hydroxylation is 2. The molecule has 4 aromatic rings. The molecular weight excluding hydrogens is 706 g/mol. The lowest BCUT2D eigenvalue weighted by Crippen LogP contribution is -2.53. The van der Waals surface area contributed by atoms with Crippen molar-refractivity contribution < 1.29 is 27.5 Å². The molecule has 260 valence electrons. The van der Waals surface area contributed by atoms with Gasteiger partial charge in [0.2, 0.25) is 11.8 Å². The Morgan fingerprint density at radius 1 is 0.816 bits per heavy atom. The van der Waals surface area contributed by atoms with Gasteiger partial charge < -0.3 is 19.7 Å². The molecular formula is C38H44BrN3O6S. The van der Waals surface area contributed by atoms with Crippen molar-refractivity contribution in [1.82, 2.24) is 10.2 Å². The number of ether oxygens (including phenoxy) is 2. The maximum Gasteiger partial charge on any atom is 0.264 e. The lowest BCUT2D eigenvalue weighted by atomic mass is 10.0. The van der Waals surface area contributed by atoms with Crippen LogP contribution in [0.5, 0.6) is 11.5 Å². The van der Waals surface area contributed by atoms with Crippen molar-refractivity contribution in [3.05, 3.63) is 118 Å². The molecule has 0 radical (unpaired) electrons. The van der Waals surface area contributed by atoms with Gasteiger partial charge in [0.05, 0.1) is 24.8 Å². The normalized spacial score (nSPS) is 11.9. The Labute approximate surface area is 298 Å². The molecule has 0 bridgehead atoms. The van der Waals surface area contributed by atoms with Crippen molar-refractivity contribution >= 4 is 43.5 Å². The first-order valence-electron chi connectivity index (χ1n) is 16.0. The first-order chi connectivity index (χ1) is 23.3. The van der Waals surface area contributed by atoms with Gasteiger partial charge in [-0.1, -0.05) is 78.3 Å². The zero-order valence-electron chi connectivity index (χ0n) is 28.8. The molecule has 0 aliphatic rings. The van der Waals surface area contributed by atoms with Crippen molar-refractivity contribution in [1.29, 1.82) is 0 Å². The number of nitrogens with zero attached hydrogens (tertiary/aromatic N) is 2. The molecule has 2 amide bonds. The van der Waals surface area contributed by atoms with Gasteiger partial charge in [0.25, 0.3) is 10.0 Å². The monoisotopic (exact) mass is 749 g/mol. The Morgan fingerprint density at radius 2 is 1.45 bits per heavy atom. The van der Waals surface area contributed by atoms with E-state index >= 15 is 0 Å². The SMILES string of the molecule is COc1ccc(S(=O)(=O)N(CC(=O)N(Cc2ccc(Br)cc2)[C@H](Cc2ccccc2)C(=O)NCC(C)C)c2cc(C)cc(C)c2)cc1OC. The van der Waals surface area contributed by atoms with Crippen LogP contribution in [-0.4, -0.2) is 58.5 Å². The zero-order chi connectivity index (χ0) is 35.7. The highest BCUT2D eigenvalue weighted by Gasteiger charge is 2.35. The molecule has 0 saturated carbocycles. The van der Waals surface area contributed by atoms with Crippen LogP contribution >= 0.6 is 15.9 Å². The van der Waals surface area contributed by atoms with E-state index in [-0.39, 0.29) is 35.4 Å². The molecule has 0 spiro atoms. The molecule has 4 rings (SSSR count). The third-order valence-electron chi connectivity index (χ3n) is 7.94. The highest BCUT2D eigenvalue weighted by Crippen LogP contribution is 2.33. The van der Waals surface area contributed by atoms with Crippen LogP contribution in [0.3, 0.4) is 0 Å². The van der Waals surface area contributed by atoms with Crippen LogP contribution in [-0.2, 0) is 32.6 Å². The van der Waals surface area contributed by atoms with Gasteiger partial charge in [-0.15, -0.1) is 0 Å². The van der Waals surface area contributed by atoms with E-state index in [9.17, 15) is 18.0 Å². The van der Waals surface area contributed by atoms with Crippen LogP contribution in [0.2, 0.25) is 0 Å². The number of amides is 2. The third-order valence-corrected chi connectivity index (χ3v) is 10.2. The minimum absolute atomic E-state index is 0.0768. The second-order valence-corrected chi connectivity index (χ2v) is 15.1. The molecule has 11 heteroatoms. The number of carbonyl (C=O) groups is 2. The van der Waals surface area contributed by atoms with Gasteiger partial charge in [-0.3, -0.25) is 13.9 Å². The molecule has 9 nitrogen and oxygen atoms in total. The molecule has 4 aromatic carbocycles. The van der Waals surface area contributed by atoms with Crippen LogP contribution in [0.4, 0.5) is 5.69 Å². The second kappa shape index (κ2) is 16.8. The summed E-state index contributed by atoms with van der Waals surface area (Å²) in [6, 6.07) is 25.8. The molecule has 0 aromatic heterocycles. The molecule has 49 heavy (non-hydrogen) atoms. The maximum absolute atomic E-state index is 14.7. The summed E-state index contributed by atoms with van der Waals surface area (Å²) in [6.07, 6.45) is 0.235. The zero-order valence-corrected chi connectivity index (χ0v) is 31.2. The van der Waals surface area contributed by atoms with E-state index < -0.39 is 28.5 Å². The number of nitrogens with one attached hydrogen (secondary N) is 1. The number of carbonyl (C=O) groups excluding carboxylic acids is 2. The molecule has 0 saturated heterocycles.